The predicted octanol–water partition coefficient (Wildman–Crippen LogP) is 3.71. The molecule has 3 rings (SSSR count). The van der Waals surface area contributed by atoms with Crippen molar-refractivity contribution in [3.63, 3.8) is 0 Å². The molecule has 0 saturated carbocycles. The molecule has 2 fully saturated rings. The highest BCUT2D eigenvalue weighted by Gasteiger charge is 2.49. The van der Waals surface area contributed by atoms with Crippen molar-refractivity contribution in [1.82, 2.24) is 9.88 Å². The van der Waals surface area contributed by atoms with E-state index in [1.807, 2.05) is 18.2 Å². The lowest BCUT2D eigenvalue weighted by molar-refractivity contribution is 0.00578. The van der Waals surface area contributed by atoms with E-state index < -0.39 is 0 Å². The maximum atomic E-state index is 5.97. The minimum atomic E-state index is -0.303. The van der Waals surface area contributed by atoms with Crippen molar-refractivity contribution in [3.8, 4) is 0 Å². The second kappa shape index (κ2) is 6.99. The molecular weight excluding hydrogens is 299 g/mol. The fourth-order valence-electron chi connectivity index (χ4n) is 3.13. The number of rotatable bonds is 4. The molecule has 0 atom stereocenters. The molecule has 0 amide bonds. The molecule has 130 valence electrons. The molecule has 2 aliphatic heterocycles. The van der Waals surface area contributed by atoms with Gasteiger partial charge in [0.15, 0.2) is 0 Å². The van der Waals surface area contributed by atoms with Gasteiger partial charge in [-0.1, -0.05) is 24.5 Å². The summed E-state index contributed by atoms with van der Waals surface area (Å²) in [6.07, 6.45) is 7.96. The van der Waals surface area contributed by atoms with Crippen molar-refractivity contribution in [2.45, 2.75) is 64.7 Å². The average Bonchev–Trinajstić information content (AvgIpc) is 2.75. The second-order valence-corrected chi connectivity index (χ2v) is 7.90. The fraction of sp³-hybridized carbons (Fsp3) is 0.632. The summed E-state index contributed by atoms with van der Waals surface area (Å²) in [5, 5.41) is 0. The number of likely N-dealkylation sites (tertiary alicyclic amines) is 1. The molecule has 2 aliphatic rings. The number of hydrogen-bond donors (Lipinski definition) is 0. The van der Waals surface area contributed by atoms with Crippen molar-refractivity contribution in [2.24, 2.45) is 0 Å². The van der Waals surface area contributed by atoms with E-state index in [0.29, 0.717) is 0 Å². The van der Waals surface area contributed by atoms with Gasteiger partial charge >= 0.3 is 7.12 Å². The molecule has 0 bridgehead atoms. The predicted molar refractivity (Wildman–Crippen MR) is 98.5 cm³/mol. The lowest BCUT2D eigenvalue weighted by atomic mass is 9.89. The van der Waals surface area contributed by atoms with Crippen LogP contribution in [0.3, 0.4) is 0 Å². The molecule has 0 spiro atoms. The van der Waals surface area contributed by atoms with Gasteiger partial charge < -0.3 is 9.31 Å². The largest absolute Gasteiger partial charge is 0.487 e. The first-order chi connectivity index (χ1) is 11.4. The molecule has 4 nitrogen and oxygen atoms in total. The maximum Gasteiger partial charge on any atom is 0.487 e. The topological polar surface area (TPSA) is 34.6 Å². The first-order valence-electron chi connectivity index (χ1n) is 9.07. The van der Waals surface area contributed by atoms with Crippen molar-refractivity contribution in [1.29, 1.82) is 0 Å². The van der Waals surface area contributed by atoms with Gasteiger partial charge in [-0.05, 0) is 65.3 Å². The van der Waals surface area contributed by atoms with Gasteiger partial charge in [-0.3, -0.25) is 9.88 Å². The Hall–Kier alpha value is -1.17. The number of pyridine rings is 1. The Bertz CT molecular complexity index is 562. The fourth-order valence-corrected chi connectivity index (χ4v) is 3.13. The average molecular weight is 328 g/mol. The van der Waals surface area contributed by atoms with Crippen LogP contribution in [0.4, 0.5) is 0 Å². The molecular formula is C19H29BN2O2. The van der Waals surface area contributed by atoms with Crippen molar-refractivity contribution >= 4 is 13.2 Å². The molecule has 24 heavy (non-hydrogen) atoms. The van der Waals surface area contributed by atoms with Crippen LogP contribution in [0.25, 0.3) is 6.08 Å². The van der Waals surface area contributed by atoms with Crippen LogP contribution in [0.1, 0.15) is 58.2 Å². The molecule has 0 radical (unpaired) electrons. The van der Waals surface area contributed by atoms with Crippen LogP contribution in [-0.2, 0) is 15.9 Å². The van der Waals surface area contributed by atoms with Gasteiger partial charge in [-0.25, -0.2) is 0 Å². The zero-order chi connectivity index (χ0) is 17.2. The number of piperidine rings is 1. The van der Waals surface area contributed by atoms with Crippen molar-refractivity contribution in [2.75, 3.05) is 13.1 Å². The molecule has 1 aromatic heterocycles. The smallest absolute Gasteiger partial charge is 0.400 e. The van der Waals surface area contributed by atoms with Crippen molar-refractivity contribution in [3.05, 3.63) is 35.6 Å². The molecule has 0 N–H and O–H groups in total. The quantitative estimate of drug-likeness (QED) is 0.789. The van der Waals surface area contributed by atoms with E-state index in [-0.39, 0.29) is 18.3 Å². The Morgan fingerprint density at radius 2 is 1.75 bits per heavy atom. The van der Waals surface area contributed by atoms with E-state index in [9.17, 15) is 0 Å². The highest BCUT2D eigenvalue weighted by atomic mass is 16.7. The normalized spacial score (nSPS) is 23.9. The van der Waals surface area contributed by atoms with Gasteiger partial charge in [0, 0.05) is 12.7 Å². The first kappa shape index (κ1) is 17.7. The zero-order valence-electron chi connectivity index (χ0n) is 15.4. The molecule has 1 aromatic rings. The Balaban J connectivity index is 1.56. The van der Waals surface area contributed by atoms with E-state index >= 15 is 0 Å². The minimum absolute atomic E-state index is 0.293. The van der Waals surface area contributed by atoms with Gasteiger partial charge in [0.25, 0.3) is 0 Å². The number of aromatic nitrogens is 1. The Morgan fingerprint density at radius 3 is 2.33 bits per heavy atom. The van der Waals surface area contributed by atoms with Gasteiger partial charge in [0.05, 0.1) is 16.9 Å². The van der Waals surface area contributed by atoms with Crippen LogP contribution < -0.4 is 0 Å². The third kappa shape index (κ3) is 4.08. The Morgan fingerprint density at radius 1 is 1.08 bits per heavy atom. The van der Waals surface area contributed by atoms with Crippen LogP contribution in [0, 0.1) is 0 Å². The SMILES string of the molecule is CC1(C)OB(/C=C/c2ccc(CN3CCCCC3)nc2)OC1(C)C. The van der Waals surface area contributed by atoms with E-state index in [1.54, 1.807) is 0 Å². The highest BCUT2D eigenvalue weighted by Crippen LogP contribution is 2.37. The third-order valence-electron chi connectivity index (χ3n) is 5.40. The molecule has 5 heteroatoms. The molecule has 2 saturated heterocycles. The van der Waals surface area contributed by atoms with Crippen LogP contribution in [-0.4, -0.2) is 41.3 Å². The lowest BCUT2D eigenvalue weighted by Crippen LogP contribution is -2.41. The van der Waals surface area contributed by atoms with Gasteiger partial charge in [-0.2, -0.15) is 0 Å². The minimum Gasteiger partial charge on any atom is -0.400 e. The molecule has 0 aromatic carbocycles. The van der Waals surface area contributed by atoms with Crippen LogP contribution in [0.15, 0.2) is 24.3 Å². The summed E-state index contributed by atoms with van der Waals surface area (Å²) in [6.45, 7) is 11.6. The maximum absolute atomic E-state index is 5.97. The monoisotopic (exact) mass is 328 g/mol. The third-order valence-corrected chi connectivity index (χ3v) is 5.40. The van der Waals surface area contributed by atoms with Crippen molar-refractivity contribution < 1.29 is 9.31 Å². The van der Waals surface area contributed by atoms with Crippen LogP contribution in [0.2, 0.25) is 0 Å². The number of hydrogen-bond acceptors (Lipinski definition) is 4. The Labute approximate surface area is 146 Å². The summed E-state index contributed by atoms with van der Waals surface area (Å²) in [5.41, 5.74) is 1.63. The lowest BCUT2D eigenvalue weighted by Gasteiger charge is -2.32. The Kier molecular flexibility index (Phi) is 5.14. The van der Waals surface area contributed by atoms with E-state index in [4.69, 9.17) is 9.31 Å². The van der Waals surface area contributed by atoms with Gasteiger partial charge in [0.1, 0.15) is 0 Å². The van der Waals surface area contributed by atoms with E-state index in [2.05, 4.69) is 49.7 Å². The molecule has 0 aliphatic carbocycles. The zero-order valence-corrected chi connectivity index (χ0v) is 15.4. The first-order valence-corrected chi connectivity index (χ1v) is 9.07. The van der Waals surface area contributed by atoms with Gasteiger partial charge in [0.2, 0.25) is 0 Å². The molecule has 3 heterocycles. The van der Waals surface area contributed by atoms with Crippen LogP contribution in [0.5, 0.6) is 0 Å². The summed E-state index contributed by atoms with van der Waals surface area (Å²) in [4.78, 5) is 7.09. The second-order valence-electron chi connectivity index (χ2n) is 7.90. The summed E-state index contributed by atoms with van der Waals surface area (Å²) < 4.78 is 11.9. The summed E-state index contributed by atoms with van der Waals surface area (Å²) in [5.74, 6) is 1.97. The van der Waals surface area contributed by atoms with E-state index in [1.165, 1.54) is 32.4 Å². The van der Waals surface area contributed by atoms with Crippen LogP contribution >= 0.6 is 0 Å². The van der Waals surface area contributed by atoms with Gasteiger partial charge in [-0.15, -0.1) is 0 Å². The van der Waals surface area contributed by atoms with E-state index in [0.717, 1.165) is 17.8 Å². The summed E-state index contributed by atoms with van der Waals surface area (Å²) >= 11 is 0. The highest BCUT2D eigenvalue weighted by molar-refractivity contribution is 6.52. The standard InChI is InChI=1S/C19H29BN2O2/c1-18(2)19(3,4)24-20(23-18)11-10-16-8-9-17(21-14-16)15-22-12-6-5-7-13-22/h8-11,14H,5-7,12-13,15H2,1-4H3/b11-10+. The summed E-state index contributed by atoms with van der Waals surface area (Å²) in [7, 11) is -0.303. The summed E-state index contributed by atoms with van der Waals surface area (Å²) in [6, 6.07) is 4.24. The number of nitrogens with zero attached hydrogens (tertiary/aromatic N) is 2. The molecule has 0 unspecified atom stereocenters.